The third-order valence-corrected chi connectivity index (χ3v) is 5.61. The smallest absolute Gasteiger partial charge is 0.365 e. The minimum atomic E-state index is -4.42. The number of fused-ring (bicyclic) bond motifs is 1. The largest absolute Gasteiger partial charge is 0.416 e. The lowest BCUT2D eigenvalue weighted by Crippen LogP contribution is -2.42. The second kappa shape index (κ2) is 7.27. The average Bonchev–Trinajstić information content (AvgIpc) is 2.64. The molecule has 0 fully saturated rings. The monoisotopic (exact) mass is 416 g/mol. The van der Waals surface area contributed by atoms with Gasteiger partial charge in [0.1, 0.15) is 0 Å². The first-order valence-electron chi connectivity index (χ1n) is 9.00. The molecule has 3 rings (SSSR count). The van der Waals surface area contributed by atoms with E-state index in [-0.39, 0.29) is 11.1 Å². The first-order valence-corrected chi connectivity index (χ1v) is 9.38. The molecule has 150 valence electrons. The third kappa shape index (κ3) is 4.04. The Morgan fingerprint density at radius 2 is 1.79 bits per heavy atom. The Kier molecular flexibility index (Phi) is 5.27. The van der Waals surface area contributed by atoms with Gasteiger partial charge in [-0.05, 0) is 67.8 Å². The van der Waals surface area contributed by atoms with E-state index in [4.69, 9.17) is 11.6 Å². The zero-order valence-corrected chi connectivity index (χ0v) is 17.3. The lowest BCUT2D eigenvalue weighted by Gasteiger charge is -2.40. The van der Waals surface area contributed by atoms with Crippen LogP contribution in [0.3, 0.4) is 0 Å². The number of anilines is 1. The molecule has 1 aliphatic rings. The summed E-state index contributed by atoms with van der Waals surface area (Å²) in [5.74, 6) is 0. The van der Waals surface area contributed by atoms with Crippen LogP contribution in [-0.4, -0.2) is 12.6 Å². The molecule has 1 aliphatic heterocycles. The second-order valence-corrected chi connectivity index (χ2v) is 8.08. The van der Waals surface area contributed by atoms with E-state index in [2.05, 4.69) is 30.9 Å². The van der Waals surface area contributed by atoms with E-state index in [0.717, 1.165) is 29.0 Å². The van der Waals surface area contributed by atoms with Gasteiger partial charge in [-0.25, -0.2) is 0 Å². The summed E-state index contributed by atoms with van der Waals surface area (Å²) in [6.07, 6.45) is -0.642. The summed E-state index contributed by atoms with van der Waals surface area (Å²) in [5, 5.41) is 10.0. The maximum atomic E-state index is 12.8. The first-order chi connectivity index (χ1) is 13.4. The highest BCUT2D eigenvalue weighted by atomic mass is 35.5. The van der Waals surface area contributed by atoms with E-state index in [1.54, 1.807) is 6.08 Å². The topological polar surface area (TPSA) is 27.0 Å². The molecule has 1 heterocycles. The van der Waals surface area contributed by atoms with Crippen molar-refractivity contribution in [1.29, 1.82) is 5.26 Å². The van der Waals surface area contributed by atoms with Gasteiger partial charge in [0, 0.05) is 23.3 Å². The van der Waals surface area contributed by atoms with Crippen LogP contribution in [0, 0.1) is 11.3 Å². The molecule has 0 atom stereocenters. The molecular formula is C23H20ClF3N2. The average molecular weight is 417 g/mol. The maximum absolute atomic E-state index is 12.8. The quantitative estimate of drug-likeness (QED) is 0.387. The molecule has 2 aromatic carbocycles. The van der Waals surface area contributed by atoms with Crippen LogP contribution in [0.5, 0.6) is 0 Å². The van der Waals surface area contributed by atoms with Crippen LogP contribution in [0.4, 0.5) is 18.9 Å². The lowest BCUT2D eigenvalue weighted by molar-refractivity contribution is -0.137. The fraction of sp³-hybridized carbons (Fsp3) is 0.261. The van der Waals surface area contributed by atoms with Gasteiger partial charge < -0.3 is 4.90 Å². The van der Waals surface area contributed by atoms with Gasteiger partial charge >= 0.3 is 6.18 Å². The summed E-state index contributed by atoms with van der Waals surface area (Å²) < 4.78 is 38.3. The van der Waals surface area contributed by atoms with E-state index in [1.807, 2.05) is 26.1 Å². The number of allylic oxidation sites excluding steroid dienone is 2. The van der Waals surface area contributed by atoms with Gasteiger partial charge in [0.05, 0.1) is 22.7 Å². The molecule has 0 radical (unpaired) electrons. The number of halogens is 4. The summed E-state index contributed by atoms with van der Waals surface area (Å²) in [6.45, 7) is 6.25. The van der Waals surface area contributed by atoms with Crippen molar-refractivity contribution in [2.75, 3.05) is 11.9 Å². The second-order valence-electron chi connectivity index (χ2n) is 7.68. The molecule has 0 saturated heterocycles. The van der Waals surface area contributed by atoms with Crippen LogP contribution in [0.1, 0.15) is 43.0 Å². The highest BCUT2D eigenvalue weighted by Crippen LogP contribution is 2.41. The standard InChI is InChI=1S/C23H20ClF3N2/c1-14-12-22(2,3)29(4)21-11-20(24)16(10-19(14)21)9-17(13-28)15-5-7-18(8-6-15)23(25,26)27/h5-12H,1-4H3/b17-9+. The first kappa shape index (κ1) is 21.0. The number of likely N-dealkylation sites (N-methyl/N-ethyl adjacent to an activating group) is 1. The molecule has 6 heteroatoms. The fourth-order valence-corrected chi connectivity index (χ4v) is 3.69. The Hall–Kier alpha value is -2.71. The summed E-state index contributed by atoms with van der Waals surface area (Å²) in [5.41, 5.74) is 3.47. The van der Waals surface area contributed by atoms with E-state index in [9.17, 15) is 18.4 Å². The van der Waals surface area contributed by atoms with Crippen LogP contribution < -0.4 is 4.90 Å². The summed E-state index contributed by atoms with van der Waals surface area (Å²) >= 11 is 6.49. The minimum absolute atomic E-state index is 0.157. The molecule has 0 aromatic heterocycles. The van der Waals surface area contributed by atoms with Crippen LogP contribution in [0.2, 0.25) is 5.02 Å². The normalized spacial score (nSPS) is 16.2. The van der Waals surface area contributed by atoms with Crippen LogP contribution in [0.25, 0.3) is 17.2 Å². The SMILES string of the molecule is CC1=CC(C)(C)N(C)c2cc(Cl)c(/C=C(\C#N)c3ccc(C(F)(F)F)cc3)cc21. The van der Waals surface area contributed by atoms with Gasteiger partial charge in [0.2, 0.25) is 0 Å². The zero-order valence-electron chi connectivity index (χ0n) is 16.5. The lowest BCUT2D eigenvalue weighted by atomic mass is 9.88. The number of nitriles is 1. The summed E-state index contributed by atoms with van der Waals surface area (Å²) in [7, 11) is 2.00. The van der Waals surface area contributed by atoms with Crippen LogP contribution in [-0.2, 0) is 6.18 Å². The van der Waals surface area contributed by atoms with E-state index in [0.29, 0.717) is 16.1 Å². The summed E-state index contributed by atoms with van der Waals surface area (Å²) in [4.78, 5) is 2.13. The van der Waals surface area contributed by atoms with Gasteiger partial charge in [-0.2, -0.15) is 18.4 Å². The van der Waals surface area contributed by atoms with Crippen molar-refractivity contribution in [3.8, 4) is 6.07 Å². The third-order valence-electron chi connectivity index (χ3n) is 5.28. The van der Waals surface area contributed by atoms with Gasteiger partial charge in [-0.1, -0.05) is 29.8 Å². The fourth-order valence-electron chi connectivity index (χ4n) is 3.47. The summed E-state index contributed by atoms with van der Waals surface area (Å²) in [6, 6.07) is 10.4. The Labute approximate surface area is 173 Å². The highest BCUT2D eigenvalue weighted by Gasteiger charge is 2.30. The molecular weight excluding hydrogens is 397 g/mol. The Balaban J connectivity index is 2.06. The number of nitrogens with zero attached hydrogens (tertiary/aromatic N) is 2. The molecule has 0 unspecified atom stereocenters. The van der Waals surface area contributed by atoms with Gasteiger partial charge in [-0.15, -0.1) is 0 Å². The van der Waals surface area contributed by atoms with Crippen molar-refractivity contribution in [3.63, 3.8) is 0 Å². The number of rotatable bonds is 2. The highest BCUT2D eigenvalue weighted by molar-refractivity contribution is 6.32. The van der Waals surface area contributed by atoms with E-state index < -0.39 is 11.7 Å². The Bertz CT molecular complexity index is 1060. The van der Waals surface area contributed by atoms with Crippen LogP contribution in [0.15, 0.2) is 42.5 Å². The van der Waals surface area contributed by atoms with E-state index >= 15 is 0 Å². The van der Waals surface area contributed by atoms with Crippen molar-refractivity contribution in [3.05, 3.63) is 69.8 Å². The van der Waals surface area contributed by atoms with Gasteiger partial charge in [0.15, 0.2) is 0 Å². The number of hydrogen-bond donors (Lipinski definition) is 0. The van der Waals surface area contributed by atoms with Crippen molar-refractivity contribution in [1.82, 2.24) is 0 Å². The van der Waals surface area contributed by atoms with Crippen molar-refractivity contribution >= 4 is 34.5 Å². The predicted molar refractivity (Wildman–Crippen MR) is 113 cm³/mol. The molecule has 0 spiro atoms. The van der Waals surface area contributed by atoms with Crippen LogP contribution >= 0.6 is 11.6 Å². The minimum Gasteiger partial charge on any atom is -0.365 e. The van der Waals surface area contributed by atoms with Gasteiger partial charge in [-0.3, -0.25) is 0 Å². The molecule has 0 bridgehead atoms. The Morgan fingerprint density at radius 3 is 2.34 bits per heavy atom. The molecule has 0 aliphatic carbocycles. The maximum Gasteiger partial charge on any atom is 0.416 e. The van der Waals surface area contributed by atoms with Crippen molar-refractivity contribution in [2.45, 2.75) is 32.5 Å². The number of benzene rings is 2. The zero-order chi connectivity index (χ0) is 21.6. The molecule has 0 N–H and O–H groups in total. The van der Waals surface area contributed by atoms with E-state index in [1.165, 1.54) is 12.1 Å². The Morgan fingerprint density at radius 1 is 1.17 bits per heavy atom. The predicted octanol–water partition coefficient (Wildman–Crippen LogP) is 7.05. The molecule has 29 heavy (non-hydrogen) atoms. The molecule has 2 aromatic rings. The molecule has 0 amide bonds. The molecule has 0 saturated carbocycles. The van der Waals surface area contributed by atoms with Crippen molar-refractivity contribution in [2.24, 2.45) is 0 Å². The van der Waals surface area contributed by atoms with Crippen molar-refractivity contribution < 1.29 is 13.2 Å². The number of hydrogen-bond acceptors (Lipinski definition) is 2. The number of alkyl halides is 3. The molecule has 2 nitrogen and oxygen atoms in total. The van der Waals surface area contributed by atoms with Gasteiger partial charge in [0.25, 0.3) is 0 Å².